The van der Waals surface area contributed by atoms with E-state index in [0.717, 1.165) is 6.42 Å². The van der Waals surface area contributed by atoms with Crippen molar-refractivity contribution in [3.63, 3.8) is 0 Å². The van der Waals surface area contributed by atoms with Gasteiger partial charge < -0.3 is 15.8 Å². The maximum Gasteiger partial charge on any atom is 0.338 e. The van der Waals surface area contributed by atoms with Crippen LogP contribution in [0.25, 0.3) is 0 Å². The predicted octanol–water partition coefficient (Wildman–Crippen LogP) is 2.26. The topological polar surface area (TPSA) is 81.4 Å². The van der Waals surface area contributed by atoms with E-state index in [1.165, 1.54) is 12.1 Å². The molecule has 0 aromatic heterocycles. The molecule has 0 radical (unpaired) electrons. The number of nitrogens with one attached hydrogen (secondary N) is 1. The normalized spacial score (nSPS) is 10.1. The van der Waals surface area contributed by atoms with Crippen LogP contribution >= 0.6 is 23.2 Å². The van der Waals surface area contributed by atoms with Gasteiger partial charge in [-0.3, -0.25) is 4.79 Å². The lowest BCUT2D eigenvalue weighted by molar-refractivity contribution is -0.124. The first-order valence-electron chi connectivity index (χ1n) is 5.64. The molecule has 1 aromatic carbocycles. The summed E-state index contributed by atoms with van der Waals surface area (Å²) in [5.74, 6) is -1.04. The fourth-order valence-electron chi connectivity index (χ4n) is 1.26. The van der Waals surface area contributed by atoms with Gasteiger partial charge in [0.15, 0.2) is 6.61 Å². The van der Waals surface area contributed by atoms with Crippen LogP contribution in [0.3, 0.4) is 0 Å². The van der Waals surface area contributed by atoms with Crippen LogP contribution < -0.4 is 11.1 Å². The van der Waals surface area contributed by atoms with Crippen LogP contribution in [0, 0.1) is 0 Å². The Bertz CT molecular complexity index is 469. The van der Waals surface area contributed by atoms with E-state index < -0.39 is 5.97 Å². The molecule has 0 spiro atoms. The molecule has 0 aliphatic heterocycles. The number of nitrogens with two attached hydrogens (primary N) is 1. The average Bonchev–Trinajstić information content (AvgIpc) is 2.39. The van der Waals surface area contributed by atoms with Crippen LogP contribution in [0.15, 0.2) is 12.1 Å². The quantitative estimate of drug-likeness (QED) is 0.646. The maximum absolute atomic E-state index is 11.7. The molecule has 0 saturated heterocycles. The largest absolute Gasteiger partial charge is 0.452 e. The van der Waals surface area contributed by atoms with Crippen molar-refractivity contribution in [2.45, 2.75) is 13.3 Å². The van der Waals surface area contributed by atoms with Crippen molar-refractivity contribution in [3.8, 4) is 0 Å². The van der Waals surface area contributed by atoms with Crippen molar-refractivity contribution >= 4 is 40.8 Å². The molecule has 19 heavy (non-hydrogen) atoms. The van der Waals surface area contributed by atoms with Gasteiger partial charge in [-0.2, -0.15) is 0 Å². The summed E-state index contributed by atoms with van der Waals surface area (Å²) in [6, 6.07) is 2.69. The first-order chi connectivity index (χ1) is 8.95. The summed E-state index contributed by atoms with van der Waals surface area (Å²) >= 11 is 11.6. The lowest BCUT2D eigenvalue weighted by atomic mass is 10.2. The second-order valence-corrected chi connectivity index (χ2v) is 4.57. The van der Waals surface area contributed by atoms with E-state index in [-0.39, 0.29) is 33.8 Å². The number of carbonyl (C=O) groups is 2. The standard InChI is InChI=1S/C12H14Cl2N2O3/c1-2-3-16-10(17)6-19-12(18)7-4-8(13)11(14)9(15)5-7/h4-5H,2-3,6,15H2,1H3,(H,16,17). The number of rotatable bonds is 5. The number of ether oxygens (including phenoxy) is 1. The highest BCUT2D eigenvalue weighted by Gasteiger charge is 2.13. The molecular formula is C12H14Cl2N2O3. The van der Waals surface area contributed by atoms with Crippen LogP contribution in [0.2, 0.25) is 10.0 Å². The van der Waals surface area contributed by atoms with Crippen molar-refractivity contribution in [2.24, 2.45) is 0 Å². The molecule has 0 aliphatic carbocycles. The highest BCUT2D eigenvalue weighted by molar-refractivity contribution is 6.43. The van der Waals surface area contributed by atoms with Gasteiger partial charge in [0, 0.05) is 6.54 Å². The summed E-state index contributed by atoms with van der Waals surface area (Å²) in [6.07, 6.45) is 0.809. The first-order valence-corrected chi connectivity index (χ1v) is 6.39. The van der Waals surface area contributed by atoms with E-state index in [0.29, 0.717) is 6.54 Å². The predicted molar refractivity (Wildman–Crippen MR) is 74.5 cm³/mol. The zero-order chi connectivity index (χ0) is 14.4. The Morgan fingerprint density at radius 1 is 1.37 bits per heavy atom. The SMILES string of the molecule is CCCNC(=O)COC(=O)c1cc(N)c(Cl)c(Cl)c1. The second-order valence-electron chi connectivity index (χ2n) is 3.79. The molecule has 0 unspecified atom stereocenters. The molecule has 1 amide bonds. The van der Waals surface area contributed by atoms with Crippen LogP contribution in [0.4, 0.5) is 5.69 Å². The Morgan fingerprint density at radius 2 is 2.05 bits per heavy atom. The summed E-state index contributed by atoms with van der Waals surface area (Å²) < 4.78 is 4.83. The van der Waals surface area contributed by atoms with Crippen molar-refractivity contribution < 1.29 is 14.3 Å². The number of anilines is 1. The average molecular weight is 305 g/mol. The molecule has 5 nitrogen and oxygen atoms in total. The van der Waals surface area contributed by atoms with Crippen LogP contribution in [0.1, 0.15) is 23.7 Å². The third-order valence-electron chi connectivity index (χ3n) is 2.20. The Kier molecular flexibility index (Phi) is 5.92. The van der Waals surface area contributed by atoms with Gasteiger partial charge in [0.05, 0.1) is 21.3 Å². The monoisotopic (exact) mass is 304 g/mol. The molecule has 0 fully saturated rings. The van der Waals surface area contributed by atoms with Crippen LogP contribution in [0.5, 0.6) is 0 Å². The van der Waals surface area contributed by atoms with Gasteiger partial charge in [-0.15, -0.1) is 0 Å². The first kappa shape index (κ1) is 15.6. The van der Waals surface area contributed by atoms with Gasteiger partial charge >= 0.3 is 5.97 Å². The minimum atomic E-state index is -0.683. The van der Waals surface area contributed by atoms with E-state index in [9.17, 15) is 9.59 Å². The van der Waals surface area contributed by atoms with Crippen molar-refractivity contribution in [1.82, 2.24) is 5.32 Å². The fraction of sp³-hybridized carbons (Fsp3) is 0.333. The van der Waals surface area contributed by atoms with Gasteiger partial charge in [-0.1, -0.05) is 30.1 Å². The molecule has 0 bridgehead atoms. The molecule has 0 atom stereocenters. The van der Waals surface area contributed by atoms with E-state index >= 15 is 0 Å². The molecule has 0 saturated carbocycles. The van der Waals surface area contributed by atoms with Gasteiger partial charge in [0.1, 0.15) is 0 Å². The number of benzene rings is 1. The summed E-state index contributed by atoms with van der Waals surface area (Å²) in [7, 11) is 0. The van der Waals surface area contributed by atoms with Gasteiger partial charge in [-0.25, -0.2) is 4.79 Å². The molecule has 0 heterocycles. The number of halogens is 2. The van der Waals surface area contributed by atoms with Gasteiger partial charge in [-0.05, 0) is 18.6 Å². The van der Waals surface area contributed by atoms with E-state index in [1.807, 2.05) is 6.92 Å². The Morgan fingerprint density at radius 3 is 2.63 bits per heavy atom. The summed E-state index contributed by atoms with van der Waals surface area (Å²) in [4.78, 5) is 22.9. The van der Waals surface area contributed by atoms with Crippen molar-refractivity contribution in [2.75, 3.05) is 18.9 Å². The molecule has 1 rings (SSSR count). The van der Waals surface area contributed by atoms with E-state index in [1.54, 1.807) is 0 Å². The van der Waals surface area contributed by atoms with Crippen molar-refractivity contribution in [1.29, 1.82) is 0 Å². The minimum Gasteiger partial charge on any atom is -0.452 e. The second kappa shape index (κ2) is 7.21. The fourth-order valence-corrected chi connectivity index (χ4v) is 1.59. The maximum atomic E-state index is 11.7. The Labute approximate surface area is 121 Å². The minimum absolute atomic E-state index is 0.148. The summed E-state index contributed by atoms with van der Waals surface area (Å²) in [6.45, 7) is 2.11. The van der Waals surface area contributed by atoms with Crippen LogP contribution in [-0.2, 0) is 9.53 Å². The summed E-state index contributed by atoms with van der Waals surface area (Å²) in [5, 5.41) is 2.92. The highest BCUT2D eigenvalue weighted by Crippen LogP contribution is 2.29. The molecule has 0 aliphatic rings. The highest BCUT2D eigenvalue weighted by atomic mass is 35.5. The zero-order valence-corrected chi connectivity index (χ0v) is 11.8. The smallest absolute Gasteiger partial charge is 0.338 e. The van der Waals surface area contributed by atoms with E-state index in [4.69, 9.17) is 33.7 Å². The third kappa shape index (κ3) is 4.61. The Hall–Kier alpha value is -1.46. The van der Waals surface area contributed by atoms with Crippen LogP contribution in [-0.4, -0.2) is 25.0 Å². The molecule has 7 heteroatoms. The number of esters is 1. The molecule has 3 N–H and O–H groups in total. The number of nitrogen functional groups attached to an aromatic ring is 1. The number of amides is 1. The molecule has 104 valence electrons. The number of hydrogen-bond donors (Lipinski definition) is 2. The Balaban J connectivity index is 2.61. The lowest BCUT2D eigenvalue weighted by Crippen LogP contribution is -2.29. The third-order valence-corrected chi connectivity index (χ3v) is 3.02. The van der Waals surface area contributed by atoms with Gasteiger partial charge in [0.25, 0.3) is 5.91 Å². The van der Waals surface area contributed by atoms with Crippen molar-refractivity contribution in [3.05, 3.63) is 27.7 Å². The molecular weight excluding hydrogens is 291 g/mol. The van der Waals surface area contributed by atoms with Gasteiger partial charge in [0.2, 0.25) is 0 Å². The number of hydrogen-bond acceptors (Lipinski definition) is 4. The molecule has 1 aromatic rings. The summed E-state index contributed by atoms with van der Waals surface area (Å²) in [5.41, 5.74) is 5.90. The number of carbonyl (C=O) groups excluding carboxylic acids is 2. The zero-order valence-electron chi connectivity index (χ0n) is 10.3. The lowest BCUT2D eigenvalue weighted by Gasteiger charge is -2.07. The van der Waals surface area contributed by atoms with E-state index in [2.05, 4.69) is 5.32 Å².